The Morgan fingerprint density at radius 3 is 2.33 bits per heavy atom. The van der Waals surface area contributed by atoms with Gasteiger partial charge >= 0.3 is 11.9 Å². The van der Waals surface area contributed by atoms with Gasteiger partial charge in [-0.1, -0.05) is 18.2 Å². The minimum atomic E-state index is -3.59. The number of hydrogen-bond acceptors (Lipinski definition) is 3. The van der Waals surface area contributed by atoms with Gasteiger partial charge in [-0.15, -0.1) is 0 Å². The molecule has 0 aromatic heterocycles. The predicted octanol–water partition coefficient (Wildman–Crippen LogP) is 3.46. The summed E-state index contributed by atoms with van der Waals surface area (Å²) < 4.78 is 24.8. The molecule has 0 heterocycles. The zero-order valence-electron chi connectivity index (χ0n) is 13.0. The first-order valence-electron chi connectivity index (χ1n) is 7.38. The fourth-order valence-electron chi connectivity index (χ4n) is 2.13. The van der Waals surface area contributed by atoms with Crippen LogP contribution in [0.2, 0.25) is 0 Å². The first kappa shape index (κ1) is 20.1. The molecule has 0 aliphatic rings. The molecule has 0 aliphatic carbocycles. The minimum absolute atomic E-state index is 0.0187. The maximum atomic E-state index is 12.8. The first-order valence-corrected chi connectivity index (χ1v) is 9.29. The topological polar surface area (TPSA) is 112 Å². The Kier molecular flexibility index (Phi) is 7.82. The third-order valence-corrected chi connectivity index (χ3v) is 4.89. The number of carboxylic acids is 2. The van der Waals surface area contributed by atoms with Gasteiger partial charge in [-0.3, -0.25) is 14.2 Å². The van der Waals surface area contributed by atoms with Crippen LogP contribution in [0.4, 0.5) is 4.39 Å². The summed E-state index contributed by atoms with van der Waals surface area (Å²) in [5.41, 5.74) is 0.525. The van der Waals surface area contributed by atoms with E-state index in [1.54, 1.807) is 0 Å². The second kappa shape index (κ2) is 9.35. The molecule has 0 saturated carbocycles. The number of carbonyl (C=O) groups is 2. The first-order chi connectivity index (χ1) is 11.2. The molecule has 2 unspecified atom stereocenters. The van der Waals surface area contributed by atoms with Crippen LogP contribution in [0.3, 0.4) is 0 Å². The Balaban J connectivity index is 2.51. The van der Waals surface area contributed by atoms with Crippen LogP contribution in [-0.2, 0) is 20.3 Å². The molecule has 6 nitrogen and oxygen atoms in total. The van der Waals surface area contributed by atoms with Crippen LogP contribution in [0.1, 0.15) is 31.2 Å². The van der Waals surface area contributed by atoms with Crippen molar-refractivity contribution in [2.45, 2.75) is 31.8 Å². The molecular weight excluding hydrogens is 338 g/mol. The van der Waals surface area contributed by atoms with E-state index in [1.165, 1.54) is 30.3 Å². The molecule has 132 valence electrons. The van der Waals surface area contributed by atoms with Crippen molar-refractivity contribution in [3.05, 3.63) is 47.5 Å². The van der Waals surface area contributed by atoms with Gasteiger partial charge in [0.05, 0.1) is 12.1 Å². The Labute approximate surface area is 139 Å². The Hall–Kier alpha value is -1.98. The Bertz CT molecular complexity index is 640. The monoisotopic (exact) mass is 358 g/mol. The Morgan fingerprint density at radius 1 is 1.17 bits per heavy atom. The number of allylic oxidation sites excluding steroid dienone is 1. The predicted molar refractivity (Wildman–Crippen MR) is 86.3 cm³/mol. The van der Waals surface area contributed by atoms with Crippen LogP contribution in [0.25, 0.3) is 0 Å². The van der Waals surface area contributed by atoms with E-state index in [0.29, 0.717) is 5.56 Å². The van der Waals surface area contributed by atoms with Gasteiger partial charge in [-0.05, 0) is 42.8 Å². The third kappa shape index (κ3) is 8.04. The molecule has 1 aromatic carbocycles. The zero-order chi connectivity index (χ0) is 18.2. The van der Waals surface area contributed by atoms with Crippen LogP contribution in [0, 0.1) is 11.7 Å². The highest BCUT2D eigenvalue weighted by Crippen LogP contribution is 2.46. The van der Waals surface area contributed by atoms with Crippen LogP contribution < -0.4 is 0 Å². The summed E-state index contributed by atoms with van der Waals surface area (Å²) in [5, 5.41) is 17.6. The molecule has 24 heavy (non-hydrogen) atoms. The van der Waals surface area contributed by atoms with Crippen molar-refractivity contribution in [2.24, 2.45) is 5.92 Å². The van der Waals surface area contributed by atoms with Gasteiger partial charge in [-0.25, -0.2) is 4.39 Å². The molecular formula is C16H20FO6P. The van der Waals surface area contributed by atoms with Gasteiger partial charge in [0, 0.05) is 6.42 Å². The van der Waals surface area contributed by atoms with E-state index in [2.05, 4.69) is 0 Å². The average Bonchev–Trinajstić information content (AvgIpc) is 2.48. The van der Waals surface area contributed by atoms with Crippen molar-refractivity contribution in [3.63, 3.8) is 0 Å². The van der Waals surface area contributed by atoms with E-state index in [1.807, 2.05) is 0 Å². The van der Waals surface area contributed by atoms with E-state index < -0.39 is 31.0 Å². The van der Waals surface area contributed by atoms with Crippen molar-refractivity contribution >= 4 is 19.3 Å². The van der Waals surface area contributed by atoms with Crippen molar-refractivity contribution in [1.82, 2.24) is 0 Å². The van der Waals surface area contributed by atoms with E-state index in [0.717, 1.165) is 5.82 Å². The van der Waals surface area contributed by atoms with E-state index in [9.17, 15) is 23.4 Å². The van der Waals surface area contributed by atoms with Crippen molar-refractivity contribution in [3.8, 4) is 0 Å². The highest BCUT2D eigenvalue weighted by molar-refractivity contribution is 7.60. The number of halogens is 1. The largest absolute Gasteiger partial charge is 0.481 e. The lowest BCUT2D eigenvalue weighted by atomic mass is 9.98. The molecule has 0 aliphatic heterocycles. The molecule has 1 aromatic rings. The summed E-state index contributed by atoms with van der Waals surface area (Å²) in [6.07, 6.45) is 1.53. The van der Waals surface area contributed by atoms with Gasteiger partial charge in [0.15, 0.2) is 0 Å². The number of hydrogen-bond donors (Lipinski definition) is 3. The maximum Gasteiger partial charge on any atom is 0.306 e. The fraction of sp³-hybridized carbons (Fsp3) is 0.375. The second-order valence-electron chi connectivity index (χ2n) is 5.47. The van der Waals surface area contributed by atoms with E-state index in [4.69, 9.17) is 10.2 Å². The molecule has 0 spiro atoms. The average molecular weight is 358 g/mol. The molecule has 0 bridgehead atoms. The van der Waals surface area contributed by atoms with E-state index in [-0.39, 0.29) is 31.8 Å². The fourth-order valence-corrected chi connectivity index (χ4v) is 3.45. The lowest BCUT2D eigenvalue weighted by Crippen LogP contribution is -2.15. The number of benzene rings is 1. The van der Waals surface area contributed by atoms with E-state index >= 15 is 0 Å². The normalized spacial score (nSPS) is 15.1. The van der Waals surface area contributed by atoms with Crippen LogP contribution in [-0.4, -0.2) is 27.0 Å². The summed E-state index contributed by atoms with van der Waals surface area (Å²) in [5.74, 6) is -2.23. The molecule has 0 fully saturated rings. The third-order valence-electron chi connectivity index (χ3n) is 3.40. The molecule has 1 rings (SSSR count). The number of rotatable bonds is 10. The van der Waals surface area contributed by atoms with Crippen molar-refractivity contribution < 1.29 is 33.7 Å². The van der Waals surface area contributed by atoms with Gasteiger partial charge in [-0.2, -0.15) is 0 Å². The molecule has 0 amide bonds. The minimum Gasteiger partial charge on any atom is -0.481 e. The van der Waals surface area contributed by atoms with Crippen LogP contribution in [0.5, 0.6) is 0 Å². The molecule has 3 N–H and O–H groups in total. The lowest BCUT2D eigenvalue weighted by Gasteiger charge is -2.10. The number of carboxylic acid groups (broad SMARTS) is 2. The molecule has 8 heteroatoms. The van der Waals surface area contributed by atoms with Crippen molar-refractivity contribution in [1.29, 1.82) is 0 Å². The smallest absolute Gasteiger partial charge is 0.306 e. The highest BCUT2D eigenvalue weighted by atomic mass is 31.2. The summed E-state index contributed by atoms with van der Waals surface area (Å²) in [6, 6.07) is 5.27. The standard InChI is InChI=1S/C16H20FO6P/c17-14-7-4-12(5-8-14)11-24(22,23)10-2-1-3-13(16(20)21)6-9-15(18)19/h2,4-5,7-8,10,13H,1,3,6,9,11H2,(H,18,19)(H,20,21)(H,22,23). The quantitative estimate of drug-likeness (QED) is 0.552. The number of aliphatic carboxylic acids is 2. The summed E-state index contributed by atoms with van der Waals surface area (Å²) in [4.78, 5) is 31.4. The SMILES string of the molecule is O=C(O)CCC(CCC=CP(=O)(O)Cc1ccc(F)cc1)C(=O)O. The van der Waals surface area contributed by atoms with Crippen molar-refractivity contribution in [2.75, 3.05) is 0 Å². The highest BCUT2D eigenvalue weighted by Gasteiger charge is 2.18. The van der Waals surface area contributed by atoms with Gasteiger partial charge in [0.1, 0.15) is 5.82 Å². The van der Waals surface area contributed by atoms with Crippen LogP contribution >= 0.6 is 7.37 Å². The lowest BCUT2D eigenvalue weighted by molar-refractivity contribution is -0.143. The summed E-state index contributed by atoms with van der Waals surface area (Å²) >= 11 is 0. The summed E-state index contributed by atoms with van der Waals surface area (Å²) in [7, 11) is -3.59. The van der Waals surface area contributed by atoms with Gasteiger partial charge in [0.2, 0.25) is 7.37 Å². The summed E-state index contributed by atoms with van der Waals surface area (Å²) in [6.45, 7) is 0. The van der Waals surface area contributed by atoms with Crippen LogP contribution in [0.15, 0.2) is 36.2 Å². The van der Waals surface area contributed by atoms with Gasteiger partial charge < -0.3 is 15.1 Å². The molecule has 0 radical (unpaired) electrons. The zero-order valence-corrected chi connectivity index (χ0v) is 13.9. The maximum absolute atomic E-state index is 12.8. The van der Waals surface area contributed by atoms with Gasteiger partial charge in [0.25, 0.3) is 0 Å². The molecule has 0 saturated heterocycles. The second-order valence-corrected chi connectivity index (χ2v) is 7.60. The molecule has 2 atom stereocenters. The Morgan fingerprint density at radius 2 is 1.79 bits per heavy atom.